The van der Waals surface area contributed by atoms with Crippen LogP contribution in [0, 0.1) is 13.8 Å². The molecule has 0 fully saturated rings. The first-order valence-corrected chi connectivity index (χ1v) is 22.5. The fraction of sp³-hybridized carbons (Fsp3) is 0.583. The van der Waals surface area contributed by atoms with Crippen LogP contribution in [-0.2, 0) is 39.3 Å². The number of aromatic nitrogens is 4. The number of aryl methyl sites for hydroxylation is 2. The predicted octanol–water partition coefficient (Wildman–Crippen LogP) is 7.42. The van der Waals surface area contributed by atoms with Gasteiger partial charge in [0.1, 0.15) is 13.1 Å². The Morgan fingerprint density at radius 2 is 0.741 bits per heavy atom. The van der Waals surface area contributed by atoms with Gasteiger partial charge in [0.15, 0.2) is 0 Å². The summed E-state index contributed by atoms with van der Waals surface area (Å²) < 4.78 is 8.52. The van der Waals surface area contributed by atoms with Crippen molar-refractivity contribution in [1.29, 1.82) is 0 Å². The van der Waals surface area contributed by atoms with Crippen molar-refractivity contribution in [2.24, 2.45) is 0 Å². The van der Waals surface area contributed by atoms with Gasteiger partial charge in [0.25, 0.3) is 11.1 Å². The average molecular weight is 797 g/mol. The van der Waals surface area contributed by atoms with E-state index in [-0.39, 0.29) is 22.5 Å². The molecule has 4 aromatic rings. The number of rotatable bonds is 6. The van der Waals surface area contributed by atoms with Gasteiger partial charge in [-0.15, -0.1) is 0 Å². The molecule has 0 saturated heterocycles. The van der Waals surface area contributed by atoms with Crippen molar-refractivity contribution >= 4 is 0 Å². The first-order chi connectivity index (χ1) is 28.1. The third-order valence-corrected chi connectivity index (χ3v) is 13.1. The van der Waals surface area contributed by atoms with Crippen molar-refractivity contribution < 1.29 is 8.97 Å². The van der Waals surface area contributed by atoms with Gasteiger partial charge >= 0.3 is 11.4 Å². The third kappa shape index (κ3) is 12.4. The van der Waals surface area contributed by atoms with Gasteiger partial charge in [0.05, 0.1) is 39.3 Å². The van der Waals surface area contributed by atoms with Gasteiger partial charge in [-0.25, -0.2) is 9.59 Å². The smallest absolute Gasteiger partial charge is 0.320 e. The first-order valence-electron chi connectivity index (χ1n) is 22.5. The molecule has 4 bridgehead atoms. The molecule has 0 N–H and O–H groups in total. The fourth-order valence-corrected chi connectivity index (χ4v) is 9.32. The average Bonchev–Trinajstić information content (AvgIpc) is 3.21. The highest BCUT2D eigenvalue weighted by Crippen LogP contribution is 2.21. The van der Waals surface area contributed by atoms with Crippen molar-refractivity contribution in [2.45, 2.75) is 144 Å². The Kier molecular flexibility index (Phi) is 17.1. The van der Waals surface area contributed by atoms with Crippen LogP contribution < -0.4 is 22.5 Å². The van der Waals surface area contributed by atoms with Gasteiger partial charge in [-0.1, -0.05) is 60.7 Å². The van der Waals surface area contributed by atoms with Gasteiger partial charge in [0, 0.05) is 60.8 Å². The molecule has 10 nitrogen and oxygen atoms in total. The van der Waals surface area contributed by atoms with Crippen molar-refractivity contribution in [1.82, 2.24) is 18.3 Å². The lowest BCUT2D eigenvalue weighted by atomic mass is 10.1. The molecular formula is C48H72N6O4+2. The minimum Gasteiger partial charge on any atom is -0.320 e. The molecule has 58 heavy (non-hydrogen) atoms. The zero-order valence-corrected chi connectivity index (χ0v) is 36.2. The summed E-state index contributed by atoms with van der Waals surface area (Å²) in [5.41, 5.74) is 3.43. The monoisotopic (exact) mass is 797 g/mol. The molecule has 0 saturated carbocycles. The van der Waals surface area contributed by atoms with Gasteiger partial charge in [0.2, 0.25) is 0 Å². The number of quaternary nitrogens is 2. The van der Waals surface area contributed by atoms with Crippen molar-refractivity contribution in [2.75, 3.05) is 39.3 Å². The van der Waals surface area contributed by atoms with Crippen LogP contribution in [0.25, 0.3) is 0 Å². The lowest BCUT2D eigenvalue weighted by Crippen LogP contribution is -2.48. The van der Waals surface area contributed by atoms with Gasteiger partial charge in [-0.05, 0) is 105 Å². The summed E-state index contributed by atoms with van der Waals surface area (Å²) in [5.74, 6) is 0. The summed E-state index contributed by atoms with van der Waals surface area (Å²) in [5, 5.41) is 0. The summed E-state index contributed by atoms with van der Waals surface area (Å²) in [7, 11) is 0. The second-order valence-electron chi connectivity index (χ2n) is 17.2. The summed E-state index contributed by atoms with van der Waals surface area (Å²) in [4.78, 5) is 53.6. The van der Waals surface area contributed by atoms with Crippen molar-refractivity contribution in [3.8, 4) is 0 Å². The topological polar surface area (TPSA) is 88.0 Å². The Hall–Kier alpha value is -4.28. The van der Waals surface area contributed by atoms with Crippen LogP contribution in [-0.4, -0.2) is 66.5 Å². The normalized spacial score (nSPS) is 21.4. The van der Waals surface area contributed by atoms with E-state index in [0.29, 0.717) is 26.2 Å². The number of fused-ring (bicyclic) bond motifs is 4. The van der Waals surface area contributed by atoms with Crippen LogP contribution in [0.4, 0.5) is 0 Å². The summed E-state index contributed by atoms with van der Waals surface area (Å²) in [6.45, 7) is 18.6. The maximum absolute atomic E-state index is 13.7. The number of hydrogen-bond acceptors (Lipinski definition) is 4. The highest BCUT2D eigenvalue weighted by atomic mass is 16.2. The molecule has 0 unspecified atom stereocenters. The second kappa shape index (κ2) is 22.2. The van der Waals surface area contributed by atoms with Crippen LogP contribution in [0.2, 0.25) is 0 Å². The number of benzene rings is 2. The van der Waals surface area contributed by atoms with E-state index in [0.717, 1.165) is 150 Å². The number of hydrogen-bond donors (Lipinski definition) is 0. The zero-order chi connectivity index (χ0) is 41.4. The standard InChI is InChI=1S/C48H72N6O4/c1-5-53(39-43-25-13-7-14-26-43)33-21-9-17-29-49-41(3)37-45(55)51(47(49)57)31-19-11-23-35-54(6-2,40-44-27-15-8-16-28-44)36-24-12-20-32-52-46(56)38-42(4)50(48(52)58)30-18-10-22-34-53/h7-8,13-16,25-28,37-38H,5-6,9-12,17-24,29-36,39-40H2,1-4H3/q+2. The van der Waals surface area contributed by atoms with Crippen LogP contribution in [0.15, 0.2) is 92.0 Å². The van der Waals surface area contributed by atoms with E-state index in [1.165, 1.54) is 20.3 Å². The zero-order valence-electron chi connectivity index (χ0n) is 36.2. The van der Waals surface area contributed by atoms with Crippen LogP contribution in [0.3, 0.4) is 0 Å². The Morgan fingerprint density at radius 1 is 0.431 bits per heavy atom. The van der Waals surface area contributed by atoms with Crippen LogP contribution >= 0.6 is 0 Å². The van der Waals surface area contributed by atoms with E-state index in [9.17, 15) is 19.2 Å². The van der Waals surface area contributed by atoms with E-state index >= 15 is 0 Å². The minimum atomic E-state index is -0.195. The van der Waals surface area contributed by atoms with Crippen molar-refractivity contribution in [3.05, 3.63) is 137 Å². The first kappa shape index (κ1) is 44.8. The minimum absolute atomic E-state index is 0.172. The van der Waals surface area contributed by atoms with Gasteiger partial charge < -0.3 is 8.97 Å². The number of nitrogens with zero attached hydrogens (tertiary/aromatic N) is 6. The molecule has 0 radical (unpaired) electrons. The maximum atomic E-state index is 13.7. The molecule has 1 aliphatic heterocycles. The van der Waals surface area contributed by atoms with E-state index in [2.05, 4.69) is 74.5 Å². The Labute approximate surface area is 346 Å². The van der Waals surface area contributed by atoms with E-state index in [1.54, 1.807) is 12.1 Å². The molecule has 0 spiro atoms. The molecule has 0 amide bonds. The molecule has 1 aliphatic rings. The molecule has 316 valence electrons. The molecule has 2 aromatic carbocycles. The molecule has 2 aromatic heterocycles. The third-order valence-electron chi connectivity index (χ3n) is 13.1. The quantitative estimate of drug-likeness (QED) is 0.190. The Morgan fingerprint density at radius 3 is 1.05 bits per heavy atom. The second-order valence-corrected chi connectivity index (χ2v) is 17.2. The molecule has 5 rings (SSSR count). The SMILES string of the molecule is CC[N+]1(Cc2ccccc2)CCCCCn2c(C)cc(=O)n(c2=O)CCCCC[N+](CC)(Cc2ccccc2)CCCCCn2c(=O)cc(C)n(c2=O)CCCCC1. The van der Waals surface area contributed by atoms with E-state index in [1.807, 2.05) is 23.0 Å². The lowest BCUT2D eigenvalue weighted by molar-refractivity contribution is -0.939. The summed E-state index contributed by atoms with van der Waals surface area (Å²) in [6.07, 6.45) is 11.4. The van der Waals surface area contributed by atoms with E-state index in [4.69, 9.17) is 0 Å². The highest BCUT2D eigenvalue weighted by molar-refractivity contribution is 5.14. The Balaban J connectivity index is 1.34. The van der Waals surface area contributed by atoms with Crippen LogP contribution in [0.1, 0.15) is 113 Å². The largest absolute Gasteiger partial charge is 0.331 e. The van der Waals surface area contributed by atoms with Crippen LogP contribution in [0.5, 0.6) is 0 Å². The lowest BCUT2D eigenvalue weighted by Gasteiger charge is -2.38. The van der Waals surface area contributed by atoms with E-state index < -0.39 is 0 Å². The van der Waals surface area contributed by atoms with Gasteiger partial charge in [-0.3, -0.25) is 27.9 Å². The predicted molar refractivity (Wildman–Crippen MR) is 236 cm³/mol. The summed E-state index contributed by atoms with van der Waals surface area (Å²) >= 11 is 0. The fourth-order valence-electron chi connectivity index (χ4n) is 9.32. The van der Waals surface area contributed by atoms with Crippen molar-refractivity contribution in [3.63, 3.8) is 0 Å². The molecule has 10 heteroatoms. The molecular weight excluding hydrogens is 725 g/mol. The Bertz CT molecular complexity index is 2000. The molecule has 0 aliphatic carbocycles. The van der Waals surface area contributed by atoms with Gasteiger partial charge in [-0.2, -0.15) is 0 Å². The maximum Gasteiger partial charge on any atom is 0.331 e. The molecule has 3 heterocycles. The highest BCUT2D eigenvalue weighted by Gasteiger charge is 2.27. The summed E-state index contributed by atoms with van der Waals surface area (Å²) in [6, 6.07) is 24.8. The molecule has 0 atom stereocenters.